The van der Waals surface area contributed by atoms with Gasteiger partial charge in [-0.25, -0.2) is 0 Å². The van der Waals surface area contributed by atoms with Gasteiger partial charge in [0.15, 0.2) is 0 Å². The Kier molecular flexibility index (Phi) is 7.10. The number of benzene rings is 2. The Morgan fingerprint density at radius 1 is 1.04 bits per heavy atom. The number of nitrogens with zero attached hydrogens (tertiary/aromatic N) is 1. The Labute approximate surface area is 157 Å². The quantitative estimate of drug-likeness (QED) is 0.674. The first-order chi connectivity index (χ1) is 11.8. The van der Waals surface area contributed by atoms with Crippen LogP contribution in [-0.4, -0.2) is 38.1 Å². The molecule has 0 radical (unpaired) electrons. The molecule has 2 aromatic carbocycles. The topological polar surface area (TPSA) is 29.5 Å². The van der Waals surface area contributed by atoms with Crippen molar-refractivity contribution in [3.63, 3.8) is 0 Å². The van der Waals surface area contributed by atoms with Crippen LogP contribution in [0.5, 0.6) is 0 Å². The molecule has 0 aliphatic rings. The van der Waals surface area contributed by atoms with Crippen molar-refractivity contribution in [3.8, 4) is 0 Å². The second-order valence-electron chi connectivity index (χ2n) is 7.09. The van der Waals surface area contributed by atoms with Gasteiger partial charge in [0.05, 0.1) is 0 Å². The summed E-state index contributed by atoms with van der Waals surface area (Å²) >= 11 is 0.318. The van der Waals surface area contributed by atoms with E-state index in [2.05, 4.69) is 31.2 Å². The second kappa shape index (κ2) is 9.07. The van der Waals surface area contributed by atoms with Crippen molar-refractivity contribution < 1.29 is 9.53 Å². The van der Waals surface area contributed by atoms with E-state index in [0.717, 1.165) is 5.56 Å². The van der Waals surface area contributed by atoms with Crippen molar-refractivity contribution >= 4 is 25.5 Å². The van der Waals surface area contributed by atoms with Crippen LogP contribution in [0.4, 0.5) is 4.79 Å². The first-order valence-electron chi connectivity index (χ1n) is 8.57. The van der Waals surface area contributed by atoms with Crippen LogP contribution in [0.1, 0.15) is 33.3 Å². The van der Waals surface area contributed by atoms with Crippen LogP contribution in [0.25, 0.3) is 0 Å². The van der Waals surface area contributed by atoms with Crippen molar-refractivity contribution in [1.82, 2.24) is 4.90 Å². The molecule has 25 heavy (non-hydrogen) atoms. The minimum absolute atomic E-state index is 0.243. The fourth-order valence-corrected chi connectivity index (χ4v) is 4.58. The molecule has 1 unspecified atom stereocenters. The molecule has 0 bridgehead atoms. The van der Waals surface area contributed by atoms with Gasteiger partial charge in [-0.3, -0.25) is 0 Å². The van der Waals surface area contributed by atoms with Crippen LogP contribution < -0.4 is 4.46 Å². The molecule has 1 amide bonds. The molecule has 0 aromatic heterocycles. The summed E-state index contributed by atoms with van der Waals surface area (Å²) in [5.41, 5.74) is 0.632. The van der Waals surface area contributed by atoms with Crippen LogP contribution in [0.2, 0.25) is 4.82 Å². The molecule has 0 aliphatic carbocycles. The molecule has 0 fully saturated rings. The molecule has 0 saturated heterocycles. The third-order valence-corrected chi connectivity index (χ3v) is 5.72. The summed E-state index contributed by atoms with van der Waals surface area (Å²) < 4.78 is 6.97. The van der Waals surface area contributed by atoms with Gasteiger partial charge in [0.25, 0.3) is 0 Å². The zero-order valence-electron chi connectivity index (χ0n) is 15.4. The SMILES string of the molecule is CC(CN(Cc1ccccc1)C(=O)OC(C)(C)C)[Se]c1ccccc1. The predicted octanol–water partition coefficient (Wildman–Crippen LogP) is 4.26. The Morgan fingerprint density at radius 3 is 2.16 bits per heavy atom. The number of carbonyl (C=O) groups is 1. The molecule has 4 heteroatoms. The molecule has 0 aliphatic heterocycles. The summed E-state index contributed by atoms with van der Waals surface area (Å²) in [6, 6.07) is 20.6. The van der Waals surface area contributed by atoms with Crippen LogP contribution in [0.3, 0.4) is 0 Å². The number of hydrogen-bond acceptors (Lipinski definition) is 2. The molecular formula is C21H27NO2Se. The maximum atomic E-state index is 12.7. The van der Waals surface area contributed by atoms with E-state index in [1.807, 2.05) is 62.1 Å². The van der Waals surface area contributed by atoms with E-state index >= 15 is 0 Å². The molecule has 1 atom stereocenters. The molecule has 0 saturated carbocycles. The van der Waals surface area contributed by atoms with Gasteiger partial charge in [0, 0.05) is 0 Å². The van der Waals surface area contributed by atoms with Crippen LogP contribution in [0, 0.1) is 0 Å². The van der Waals surface area contributed by atoms with E-state index in [1.165, 1.54) is 4.46 Å². The summed E-state index contributed by atoms with van der Waals surface area (Å²) in [6.45, 7) is 9.19. The average Bonchev–Trinajstić information content (AvgIpc) is 2.54. The fourth-order valence-electron chi connectivity index (χ4n) is 2.41. The number of carbonyl (C=O) groups excluding carboxylic acids is 1. The Balaban J connectivity index is 2.06. The van der Waals surface area contributed by atoms with E-state index in [-0.39, 0.29) is 6.09 Å². The summed E-state index contributed by atoms with van der Waals surface area (Å²) in [5, 5.41) is 0. The standard InChI is InChI=1S/C21H27NO2Se/c1-17(25-19-13-9-6-10-14-19)15-22(20(23)24-21(2,3)4)16-18-11-7-5-8-12-18/h5-14,17H,15-16H2,1-4H3. The average molecular weight is 404 g/mol. The molecule has 0 spiro atoms. The summed E-state index contributed by atoms with van der Waals surface area (Å²) in [6.07, 6.45) is -0.243. The molecule has 3 nitrogen and oxygen atoms in total. The number of hydrogen-bond donors (Lipinski definition) is 0. The van der Waals surface area contributed by atoms with E-state index in [9.17, 15) is 4.79 Å². The van der Waals surface area contributed by atoms with E-state index < -0.39 is 5.60 Å². The summed E-state index contributed by atoms with van der Waals surface area (Å²) in [5.74, 6) is 0. The Bertz CT molecular complexity index is 653. The third kappa shape index (κ3) is 7.33. The number of amides is 1. The first-order valence-corrected chi connectivity index (χ1v) is 10.4. The van der Waals surface area contributed by atoms with Gasteiger partial charge in [-0.05, 0) is 0 Å². The zero-order valence-corrected chi connectivity index (χ0v) is 17.2. The van der Waals surface area contributed by atoms with Crippen molar-refractivity contribution in [2.45, 2.75) is 44.7 Å². The van der Waals surface area contributed by atoms with E-state index in [1.54, 1.807) is 0 Å². The normalized spacial score (nSPS) is 12.5. The van der Waals surface area contributed by atoms with Gasteiger partial charge in [-0.2, -0.15) is 0 Å². The van der Waals surface area contributed by atoms with Crippen LogP contribution in [0.15, 0.2) is 60.7 Å². The van der Waals surface area contributed by atoms with Crippen LogP contribution in [-0.2, 0) is 11.3 Å². The fraction of sp³-hybridized carbons (Fsp3) is 0.381. The van der Waals surface area contributed by atoms with Crippen molar-refractivity contribution in [3.05, 3.63) is 66.2 Å². The van der Waals surface area contributed by atoms with Crippen molar-refractivity contribution in [2.75, 3.05) is 6.54 Å². The monoisotopic (exact) mass is 405 g/mol. The summed E-state index contributed by atoms with van der Waals surface area (Å²) in [4.78, 5) is 14.9. The summed E-state index contributed by atoms with van der Waals surface area (Å²) in [7, 11) is 0. The molecular weight excluding hydrogens is 377 g/mol. The molecule has 0 N–H and O–H groups in total. The van der Waals surface area contributed by atoms with Gasteiger partial charge in [0.2, 0.25) is 0 Å². The third-order valence-electron chi connectivity index (χ3n) is 3.43. The Morgan fingerprint density at radius 2 is 1.60 bits per heavy atom. The molecule has 2 rings (SSSR count). The maximum absolute atomic E-state index is 12.7. The van der Waals surface area contributed by atoms with Gasteiger partial charge in [-0.15, -0.1) is 0 Å². The number of ether oxygens (including phenoxy) is 1. The zero-order chi connectivity index (χ0) is 18.3. The van der Waals surface area contributed by atoms with Gasteiger partial charge < -0.3 is 0 Å². The molecule has 134 valence electrons. The predicted molar refractivity (Wildman–Crippen MR) is 104 cm³/mol. The van der Waals surface area contributed by atoms with Gasteiger partial charge in [-0.1, -0.05) is 0 Å². The van der Waals surface area contributed by atoms with Crippen LogP contribution >= 0.6 is 0 Å². The molecule has 2 aromatic rings. The van der Waals surface area contributed by atoms with Gasteiger partial charge >= 0.3 is 157 Å². The number of rotatable bonds is 6. The van der Waals surface area contributed by atoms with E-state index in [0.29, 0.717) is 32.9 Å². The molecule has 0 heterocycles. The Hall–Kier alpha value is -1.77. The van der Waals surface area contributed by atoms with Gasteiger partial charge in [0.1, 0.15) is 0 Å². The minimum atomic E-state index is -0.486. The second-order valence-corrected chi connectivity index (χ2v) is 10.3. The van der Waals surface area contributed by atoms with E-state index in [4.69, 9.17) is 4.74 Å². The van der Waals surface area contributed by atoms with Crippen molar-refractivity contribution in [2.24, 2.45) is 0 Å². The first kappa shape index (κ1) is 19.6. The van der Waals surface area contributed by atoms with Crippen molar-refractivity contribution in [1.29, 1.82) is 0 Å².